The Labute approximate surface area is 207 Å². The maximum atomic E-state index is 13.7. The lowest BCUT2D eigenvalue weighted by Gasteiger charge is -2.32. The minimum atomic E-state index is -0.624. The number of benzene rings is 3. The summed E-state index contributed by atoms with van der Waals surface area (Å²) in [5.74, 6) is 0.0930. The summed E-state index contributed by atoms with van der Waals surface area (Å²) in [6.07, 6.45) is 0.647. The molecule has 0 fully saturated rings. The van der Waals surface area contributed by atoms with Gasteiger partial charge >= 0.3 is 0 Å². The number of hydrogen-bond donors (Lipinski definition) is 1. The lowest BCUT2D eigenvalue weighted by Crippen LogP contribution is -2.51. The van der Waals surface area contributed by atoms with Crippen molar-refractivity contribution in [2.75, 3.05) is 6.54 Å². The number of hydrogen-bond acceptors (Lipinski definition) is 2. The highest BCUT2D eigenvalue weighted by Crippen LogP contribution is 2.18. The van der Waals surface area contributed by atoms with E-state index >= 15 is 0 Å². The van der Waals surface area contributed by atoms with Crippen molar-refractivity contribution in [3.05, 3.63) is 106 Å². The van der Waals surface area contributed by atoms with E-state index in [1.54, 1.807) is 17.0 Å². The van der Waals surface area contributed by atoms with Gasteiger partial charge < -0.3 is 10.2 Å². The van der Waals surface area contributed by atoms with Gasteiger partial charge in [0.2, 0.25) is 11.8 Å². The zero-order chi connectivity index (χ0) is 24.5. The second kappa shape index (κ2) is 12.4. The second-order valence-corrected chi connectivity index (χ2v) is 9.59. The van der Waals surface area contributed by atoms with Crippen molar-refractivity contribution in [1.82, 2.24) is 10.2 Å². The standard InChI is InChI=1S/C29H33ClN2O2/c1-21(2)19-31-29(34)27(17-23-9-5-4-6-10-23)32(20-25-11-7-8-22(3)16-25)28(33)18-24-12-14-26(30)15-13-24/h4-16,21,27H,17-20H2,1-3H3,(H,31,34)/t27-/m1/s1. The van der Waals surface area contributed by atoms with Crippen molar-refractivity contribution in [3.63, 3.8) is 0 Å². The molecule has 0 saturated carbocycles. The van der Waals surface area contributed by atoms with E-state index in [1.165, 1.54) is 0 Å². The Balaban J connectivity index is 1.94. The van der Waals surface area contributed by atoms with E-state index in [-0.39, 0.29) is 18.2 Å². The normalized spacial score (nSPS) is 11.8. The van der Waals surface area contributed by atoms with Gasteiger partial charge in [0, 0.05) is 24.5 Å². The maximum absolute atomic E-state index is 13.7. The first kappa shape index (κ1) is 25.5. The number of aryl methyl sites for hydroxylation is 1. The average molecular weight is 477 g/mol. The zero-order valence-corrected chi connectivity index (χ0v) is 20.9. The van der Waals surface area contributed by atoms with E-state index in [1.807, 2.05) is 67.6 Å². The minimum absolute atomic E-state index is 0.0931. The number of carbonyl (C=O) groups is 2. The smallest absolute Gasteiger partial charge is 0.243 e. The van der Waals surface area contributed by atoms with Gasteiger partial charge in [0.25, 0.3) is 0 Å². The fourth-order valence-corrected chi connectivity index (χ4v) is 3.99. The highest BCUT2D eigenvalue weighted by atomic mass is 35.5. The van der Waals surface area contributed by atoms with E-state index in [9.17, 15) is 9.59 Å². The van der Waals surface area contributed by atoms with Crippen LogP contribution in [0, 0.1) is 12.8 Å². The monoisotopic (exact) mass is 476 g/mol. The van der Waals surface area contributed by atoms with Crippen molar-refractivity contribution in [3.8, 4) is 0 Å². The number of nitrogens with zero attached hydrogens (tertiary/aromatic N) is 1. The minimum Gasteiger partial charge on any atom is -0.354 e. The molecule has 0 radical (unpaired) electrons. The van der Waals surface area contributed by atoms with Gasteiger partial charge in [-0.25, -0.2) is 0 Å². The molecule has 34 heavy (non-hydrogen) atoms. The van der Waals surface area contributed by atoms with Crippen LogP contribution in [-0.2, 0) is 29.0 Å². The molecule has 0 aliphatic carbocycles. The molecule has 3 aromatic carbocycles. The summed E-state index contributed by atoms with van der Waals surface area (Å²) in [7, 11) is 0. The third kappa shape index (κ3) is 7.74. The summed E-state index contributed by atoms with van der Waals surface area (Å²) in [6, 6.07) is 24.6. The summed E-state index contributed by atoms with van der Waals surface area (Å²) in [5, 5.41) is 3.68. The molecule has 0 spiro atoms. The van der Waals surface area contributed by atoms with E-state index in [4.69, 9.17) is 11.6 Å². The molecule has 2 amide bonds. The second-order valence-electron chi connectivity index (χ2n) is 9.16. The molecule has 3 rings (SSSR count). The van der Waals surface area contributed by atoms with Crippen LogP contribution in [0.4, 0.5) is 0 Å². The Morgan fingerprint density at radius 1 is 0.882 bits per heavy atom. The fourth-order valence-electron chi connectivity index (χ4n) is 3.86. The van der Waals surface area contributed by atoms with E-state index < -0.39 is 6.04 Å². The molecular weight excluding hydrogens is 444 g/mol. The molecule has 5 heteroatoms. The summed E-state index contributed by atoms with van der Waals surface area (Å²) in [4.78, 5) is 28.8. The van der Waals surface area contributed by atoms with Crippen LogP contribution in [0.1, 0.15) is 36.1 Å². The van der Waals surface area contributed by atoms with Crippen LogP contribution in [0.3, 0.4) is 0 Å². The third-order valence-corrected chi connectivity index (χ3v) is 5.91. The molecule has 0 bridgehead atoms. The molecule has 4 nitrogen and oxygen atoms in total. The Morgan fingerprint density at radius 3 is 2.21 bits per heavy atom. The lowest BCUT2D eigenvalue weighted by molar-refractivity contribution is -0.140. The van der Waals surface area contributed by atoms with Crippen molar-refractivity contribution >= 4 is 23.4 Å². The molecule has 0 aliphatic rings. The maximum Gasteiger partial charge on any atom is 0.243 e. The van der Waals surface area contributed by atoms with Crippen molar-refractivity contribution in [2.24, 2.45) is 5.92 Å². The highest BCUT2D eigenvalue weighted by Gasteiger charge is 2.30. The van der Waals surface area contributed by atoms with Crippen LogP contribution in [-0.4, -0.2) is 29.3 Å². The van der Waals surface area contributed by atoms with Crippen LogP contribution < -0.4 is 5.32 Å². The topological polar surface area (TPSA) is 49.4 Å². The van der Waals surface area contributed by atoms with Crippen LogP contribution in [0.2, 0.25) is 5.02 Å². The summed E-state index contributed by atoms with van der Waals surface area (Å²) in [6.45, 7) is 7.07. The largest absolute Gasteiger partial charge is 0.354 e. The Morgan fingerprint density at radius 2 is 1.56 bits per heavy atom. The van der Waals surface area contributed by atoms with Crippen molar-refractivity contribution < 1.29 is 9.59 Å². The molecule has 1 N–H and O–H groups in total. The summed E-state index contributed by atoms with van der Waals surface area (Å²) < 4.78 is 0. The first-order valence-corrected chi connectivity index (χ1v) is 12.1. The van der Waals surface area contributed by atoms with Gasteiger partial charge in [-0.2, -0.15) is 0 Å². The molecule has 0 aliphatic heterocycles. The number of halogens is 1. The van der Waals surface area contributed by atoms with E-state index in [2.05, 4.69) is 25.2 Å². The zero-order valence-electron chi connectivity index (χ0n) is 20.1. The first-order chi connectivity index (χ1) is 16.3. The SMILES string of the molecule is Cc1cccc(CN(C(=O)Cc2ccc(Cl)cc2)[C@H](Cc2ccccc2)C(=O)NCC(C)C)c1. The molecule has 178 valence electrons. The van der Waals surface area contributed by atoms with Crippen molar-refractivity contribution in [2.45, 2.75) is 46.2 Å². The predicted molar refractivity (Wildman–Crippen MR) is 139 cm³/mol. The molecule has 0 unspecified atom stereocenters. The Bertz CT molecular complexity index is 1080. The van der Waals surface area contributed by atoms with Crippen LogP contribution in [0.25, 0.3) is 0 Å². The number of carbonyl (C=O) groups excluding carboxylic acids is 2. The van der Waals surface area contributed by atoms with Gasteiger partial charge in [-0.15, -0.1) is 0 Å². The van der Waals surface area contributed by atoms with Gasteiger partial charge in [-0.3, -0.25) is 9.59 Å². The quantitative estimate of drug-likeness (QED) is 0.414. The number of rotatable bonds is 10. The highest BCUT2D eigenvalue weighted by molar-refractivity contribution is 6.30. The van der Waals surface area contributed by atoms with Crippen LogP contribution >= 0.6 is 11.6 Å². The molecular formula is C29H33ClN2O2. The molecule has 0 saturated heterocycles. The van der Waals surface area contributed by atoms with E-state index in [0.29, 0.717) is 30.5 Å². The molecule has 0 aromatic heterocycles. The average Bonchev–Trinajstić information content (AvgIpc) is 2.82. The molecule has 0 heterocycles. The van der Waals surface area contributed by atoms with Crippen LogP contribution in [0.5, 0.6) is 0 Å². The Hall–Kier alpha value is -3.11. The van der Waals surface area contributed by atoms with Gasteiger partial charge in [-0.1, -0.05) is 97.7 Å². The van der Waals surface area contributed by atoms with Gasteiger partial charge in [-0.05, 0) is 41.7 Å². The predicted octanol–water partition coefficient (Wildman–Crippen LogP) is 5.60. The first-order valence-electron chi connectivity index (χ1n) is 11.7. The van der Waals surface area contributed by atoms with E-state index in [0.717, 1.165) is 22.3 Å². The third-order valence-electron chi connectivity index (χ3n) is 5.66. The summed E-state index contributed by atoms with van der Waals surface area (Å²) >= 11 is 6.03. The van der Waals surface area contributed by atoms with Gasteiger partial charge in [0.05, 0.1) is 6.42 Å². The molecule has 3 aromatic rings. The van der Waals surface area contributed by atoms with Gasteiger partial charge in [0.15, 0.2) is 0 Å². The van der Waals surface area contributed by atoms with Crippen molar-refractivity contribution in [1.29, 1.82) is 0 Å². The Kier molecular flexibility index (Phi) is 9.29. The van der Waals surface area contributed by atoms with Gasteiger partial charge in [0.1, 0.15) is 6.04 Å². The molecule has 1 atom stereocenters. The fraction of sp³-hybridized carbons (Fsp3) is 0.310. The lowest BCUT2D eigenvalue weighted by atomic mass is 10.0. The number of amides is 2. The summed E-state index contributed by atoms with van der Waals surface area (Å²) in [5.41, 5.74) is 4.00. The number of nitrogens with one attached hydrogen (secondary N) is 1. The van der Waals surface area contributed by atoms with Crippen LogP contribution in [0.15, 0.2) is 78.9 Å².